The topological polar surface area (TPSA) is 97.7 Å². The van der Waals surface area contributed by atoms with Crippen molar-refractivity contribution in [3.8, 4) is 17.6 Å². The Morgan fingerprint density at radius 2 is 2.12 bits per heavy atom. The van der Waals surface area contributed by atoms with Crippen LogP contribution in [-0.2, 0) is 14.3 Å². The van der Waals surface area contributed by atoms with Gasteiger partial charge in [0.05, 0.1) is 5.56 Å². The van der Waals surface area contributed by atoms with Gasteiger partial charge >= 0.3 is 5.97 Å². The van der Waals surface area contributed by atoms with Gasteiger partial charge in [0.15, 0.2) is 17.6 Å². The standard InChI is InChI=1S/C17H14N2O5S/c1-10(15(20)19-16-11(8-18)6-7-25-16)23-17(21)14-9-22-12-4-2-3-5-13(12)24-14/h2-7,10,14H,9H2,1H3,(H,19,20)/t10-,14-/m0/s1. The number of esters is 1. The van der Waals surface area contributed by atoms with Crippen LogP contribution in [0.3, 0.4) is 0 Å². The largest absolute Gasteiger partial charge is 0.485 e. The van der Waals surface area contributed by atoms with E-state index in [1.807, 2.05) is 6.07 Å². The highest BCUT2D eigenvalue weighted by Gasteiger charge is 2.31. The lowest BCUT2D eigenvalue weighted by atomic mass is 10.2. The number of anilines is 1. The molecule has 8 heteroatoms. The van der Waals surface area contributed by atoms with Gasteiger partial charge in [0.2, 0.25) is 6.10 Å². The van der Waals surface area contributed by atoms with Gasteiger partial charge < -0.3 is 19.5 Å². The third-order valence-electron chi connectivity index (χ3n) is 3.46. The fourth-order valence-corrected chi connectivity index (χ4v) is 2.89. The summed E-state index contributed by atoms with van der Waals surface area (Å²) < 4.78 is 16.2. The van der Waals surface area contributed by atoms with Gasteiger partial charge in [-0.05, 0) is 30.5 Å². The number of carbonyl (C=O) groups excluding carboxylic acids is 2. The molecular formula is C17H14N2O5S. The molecule has 0 unspecified atom stereocenters. The average molecular weight is 358 g/mol. The van der Waals surface area contributed by atoms with E-state index in [1.165, 1.54) is 18.3 Å². The number of nitriles is 1. The second kappa shape index (κ2) is 7.23. The number of para-hydroxylation sites is 2. The van der Waals surface area contributed by atoms with Gasteiger partial charge in [-0.1, -0.05) is 12.1 Å². The lowest BCUT2D eigenvalue weighted by Gasteiger charge is -2.25. The van der Waals surface area contributed by atoms with Crippen LogP contribution >= 0.6 is 11.3 Å². The summed E-state index contributed by atoms with van der Waals surface area (Å²) in [5, 5.41) is 13.6. The molecule has 0 saturated heterocycles. The molecule has 0 fully saturated rings. The minimum Gasteiger partial charge on any atom is -0.485 e. The predicted octanol–water partition coefficient (Wildman–Crippen LogP) is 2.33. The number of hydrogen-bond acceptors (Lipinski definition) is 7. The van der Waals surface area contributed by atoms with E-state index in [9.17, 15) is 9.59 Å². The van der Waals surface area contributed by atoms with E-state index in [-0.39, 0.29) is 6.61 Å². The Hall–Kier alpha value is -3.05. The molecule has 0 radical (unpaired) electrons. The minimum absolute atomic E-state index is 0.00763. The lowest BCUT2D eigenvalue weighted by molar-refractivity contribution is -0.162. The molecule has 2 atom stereocenters. The van der Waals surface area contributed by atoms with Crippen LogP contribution in [0.25, 0.3) is 0 Å². The summed E-state index contributed by atoms with van der Waals surface area (Å²) in [7, 11) is 0. The maximum absolute atomic E-state index is 12.2. The molecule has 3 rings (SSSR count). The zero-order chi connectivity index (χ0) is 17.8. The van der Waals surface area contributed by atoms with Crippen molar-refractivity contribution >= 4 is 28.2 Å². The number of carbonyl (C=O) groups is 2. The summed E-state index contributed by atoms with van der Waals surface area (Å²) in [5.41, 5.74) is 0.359. The maximum atomic E-state index is 12.2. The van der Waals surface area contributed by atoms with Crippen LogP contribution in [0.15, 0.2) is 35.7 Å². The third kappa shape index (κ3) is 3.72. The molecule has 1 aliphatic heterocycles. The maximum Gasteiger partial charge on any atom is 0.351 e. The summed E-state index contributed by atoms with van der Waals surface area (Å²) in [5.74, 6) is -0.211. The first-order valence-electron chi connectivity index (χ1n) is 7.46. The SMILES string of the molecule is C[C@H](OC(=O)[C@@H]1COc2ccccc2O1)C(=O)Nc1sccc1C#N. The smallest absolute Gasteiger partial charge is 0.351 e. The van der Waals surface area contributed by atoms with Crippen molar-refractivity contribution < 1.29 is 23.8 Å². The number of fused-ring (bicyclic) bond motifs is 1. The van der Waals surface area contributed by atoms with E-state index in [2.05, 4.69) is 5.32 Å². The fraction of sp³-hybridized carbons (Fsp3) is 0.235. The Kier molecular flexibility index (Phi) is 4.86. The third-order valence-corrected chi connectivity index (χ3v) is 4.29. The second-order valence-electron chi connectivity index (χ2n) is 5.21. The summed E-state index contributed by atoms with van der Waals surface area (Å²) in [6, 6.07) is 10.6. The number of rotatable bonds is 4. The summed E-state index contributed by atoms with van der Waals surface area (Å²) in [6.45, 7) is 1.46. The number of amides is 1. The van der Waals surface area contributed by atoms with Crippen molar-refractivity contribution in [1.82, 2.24) is 0 Å². The molecule has 1 aromatic heterocycles. The molecule has 1 N–H and O–H groups in total. The molecule has 7 nitrogen and oxygen atoms in total. The van der Waals surface area contributed by atoms with Crippen LogP contribution in [0.5, 0.6) is 11.5 Å². The van der Waals surface area contributed by atoms with E-state index < -0.39 is 24.1 Å². The van der Waals surface area contributed by atoms with Crippen LogP contribution < -0.4 is 14.8 Å². The molecule has 1 aliphatic rings. The van der Waals surface area contributed by atoms with Crippen LogP contribution in [0.2, 0.25) is 0 Å². The fourth-order valence-electron chi connectivity index (χ4n) is 2.15. The van der Waals surface area contributed by atoms with Gasteiger partial charge in [-0.3, -0.25) is 4.79 Å². The Balaban J connectivity index is 1.58. The van der Waals surface area contributed by atoms with Crippen LogP contribution in [0, 0.1) is 11.3 Å². The van der Waals surface area contributed by atoms with Crippen molar-refractivity contribution in [2.75, 3.05) is 11.9 Å². The highest BCUT2D eigenvalue weighted by Crippen LogP contribution is 2.31. The van der Waals surface area contributed by atoms with E-state index in [4.69, 9.17) is 19.5 Å². The Morgan fingerprint density at radius 3 is 2.88 bits per heavy atom. The Labute approximate surface area is 147 Å². The quantitative estimate of drug-likeness (QED) is 0.843. The minimum atomic E-state index is -1.04. The summed E-state index contributed by atoms with van der Waals surface area (Å²) in [4.78, 5) is 24.3. The highest BCUT2D eigenvalue weighted by atomic mass is 32.1. The number of nitrogens with zero attached hydrogens (tertiary/aromatic N) is 1. The number of thiophene rings is 1. The molecule has 25 heavy (non-hydrogen) atoms. The molecule has 0 bridgehead atoms. The highest BCUT2D eigenvalue weighted by molar-refractivity contribution is 7.14. The molecule has 0 spiro atoms. The summed E-state index contributed by atoms with van der Waals surface area (Å²) >= 11 is 1.22. The van der Waals surface area contributed by atoms with E-state index in [0.29, 0.717) is 22.1 Å². The van der Waals surface area contributed by atoms with Crippen LogP contribution in [0.4, 0.5) is 5.00 Å². The van der Waals surface area contributed by atoms with Gasteiger partial charge in [-0.2, -0.15) is 5.26 Å². The molecule has 2 aromatic rings. The average Bonchev–Trinajstić information content (AvgIpc) is 3.08. The van der Waals surface area contributed by atoms with Gasteiger partial charge in [-0.15, -0.1) is 11.3 Å². The number of nitrogens with one attached hydrogen (secondary N) is 1. The Bertz CT molecular complexity index is 842. The van der Waals surface area contributed by atoms with Gasteiger partial charge in [-0.25, -0.2) is 4.79 Å². The van der Waals surface area contributed by atoms with Crippen LogP contribution in [0.1, 0.15) is 12.5 Å². The molecule has 0 aliphatic carbocycles. The van der Waals surface area contributed by atoms with Crippen molar-refractivity contribution in [3.63, 3.8) is 0 Å². The van der Waals surface area contributed by atoms with Crippen molar-refractivity contribution in [2.24, 2.45) is 0 Å². The zero-order valence-electron chi connectivity index (χ0n) is 13.2. The first-order chi connectivity index (χ1) is 12.1. The first kappa shape index (κ1) is 16.8. The van der Waals surface area contributed by atoms with Crippen molar-refractivity contribution in [1.29, 1.82) is 5.26 Å². The lowest BCUT2D eigenvalue weighted by Crippen LogP contribution is -2.41. The number of hydrogen-bond donors (Lipinski definition) is 1. The van der Waals surface area contributed by atoms with Gasteiger partial charge in [0.1, 0.15) is 17.7 Å². The van der Waals surface area contributed by atoms with Crippen molar-refractivity contribution in [3.05, 3.63) is 41.3 Å². The van der Waals surface area contributed by atoms with E-state index in [1.54, 1.807) is 35.7 Å². The molecule has 2 heterocycles. The molecule has 128 valence electrons. The van der Waals surface area contributed by atoms with Gasteiger partial charge in [0.25, 0.3) is 5.91 Å². The second-order valence-corrected chi connectivity index (χ2v) is 6.12. The Morgan fingerprint density at radius 1 is 1.36 bits per heavy atom. The summed E-state index contributed by atoms with van der Waals surface area (Å²) in [6.07, 6.45) is -1.98. The molecular weight excluding hydrogens is 344 g/mol. The van der Waals surface area contributed by atoms with E-state index in [0.717, 1.165) is 0 Å². The van der Waals surface area contributed by atoms with E-state index >= 15 is 0 Å². The van der Waals surface area contributed by atoms with Gasteiger partial charge in [0, 0.05) is 0 Å². The molecule has 0 saturated carbocycles. The zero-order valence-corrected chi connectivity index (χ0v) is 14.0. The predicted molar refractivity (Wildman–Crippen MR) is 89.6 cm³/mol. The molecule has 1 amide bonds. The van der Waals surface area contributed by atoms with Crippen LogP contribution in [-0.4, -0.2) is 30.7 Å². The monoisotopic (exact) mass is 358 g/mol. The normalized spacial score (nSPS) is 16.4. The number of benzene rings is 1. The first-order valence-corrected chi connectivity index (χ1v) is 8.34. The number of ether oxygens (including phenoxy) is 3. The molecule has 1 aromatic carbocycles. The van der Waals surface area contributed by atoms with Crippen molar-refractivity contribution in [2.45, 2.75) is 19.1 Å².